The van der Waals surface area contributed by atoms with Gasteiger partial charge in [-0.25, -0.2) is 4.98 Å². The lowest BCUT2D eigenvalue weighted by atomic mass is 10.0. The number of terminal acetylenes is 1. The van der Waals surface area contributed by atoms with Crippen LogP contribution >= 0.6 is 25.3 Å². The fourth-order valence-corrected chi connectivity index (χ4v) is 10.8. The number of primary amides is 1. The van der Waals surface area contributed by atoms with Crippen LogP contribution in [-0.2, 0) is 80.0 Å². The number of phenolic OH excluding ortho intramolecular Hbond substituents is 1. The normalized spacial score (nSPS) is 17.6. The van der Waals surface area contributed by atoms with Crippen LogP contribution in [0.2, 0.25) is 0 Å². The van der Waals surface area contributed by atoms with E-state index in [0.717, 1.165) is 16.7 Å². The molecule has 0 bridgehead atoms. The number of aliphatic hydroxyl groups is 1. The summed E-state index contributed by atoms with van der Waals surface area (Å²) in [7, 11) is 0. The third kappa shape index (κ3) is 25.4. The second-order valence-electron chi connectivity index (χ2n) is 24.2. The van der Waals surface area contributed by atoms with Crippen LogP contribution in [0.5, 0.6) is 5.75 Å². The number of aromatic nitrogens is 2. The molecule has 4 rings (SSSR count). The molecule has 0 spiro atoms. The Morgan fingerprint density at radius 1 is 0.816 bits per heavy atom. The Hall–Kier alpha value is -9.70. The van der Waals surface area contributed by atoms with Crippen molar-refractivity contribution >= 4 is 108 Å². The highest BCUT2D eigenvalue weighted by Crippen LogP contribution is 2.23. The van der Waals surface area contributed by atoms with Crippen molar-refractivity contribution in [2.45, 2.75) is 159 Å². The molecule has 36 nitrogen and oxygen atoms in total. The summed E-state index contributed by atoms with van der Waals surface area (Å²) in [6, 6.07) is -6.81. The number of β-amino-alcohol motifs (C(OH)–C–C–N with tert-alkyl or cyclic N) is 1. The number of rotatable bonds is 39. The van der Waals surface area contributed by atoms with E-state index in [2.05, 4.69) is 110 Å². The van der Waals surface area contributed by atoms with E-state index in [4.69, 9.17) is 17.9 Å². The Bertz CT molecular complexity index is 3280. The number of aromatic amines is 1. The lowest BCUT2D eigenvalue weighted by molar-refractivity contribution is -0.146. The third-order valence-electron chi connectivity index (χ3n) is 15.4. The Labute approximate surface area is 575 Å². The largest absolute Gasteiger partial charge is 0.508 e. The fraction of sp³-hybridized carbons (Fsp3) is 0.583. The molecule has 3 heterocycles. The van der Waals surface area contributed by atoms with Gasteiger partial charge in [-0.15, -0.1) is 6.42 Å². The topological polar surface area (TPSA) is 548 Å². The highest BCUT2D eigenvalue weighted by atomic mass is 32.1. The smallest absolute Gasteiger partial charge is 0.252 e. The number of thiol groups is 2. The third-order valence-corrected chi connectivity index (χ3v) is 16.2. The number of imidazole rings is 1. The van der Waals surface area contributed by atoms with Crippen molar-refractivity contribution in [2.24, 2.45) is 28.4 Å². The van der Waals surface area contributed by atoms with Gasteiger partial charge >= 0.3 is 0 Å². The molecular weight excluding hydrogens is 1320 g/mol. The van der Waals surface area contributed by atoms with Crippen molar-refractivity contribution in [3.63, 3.8) is 0 Å². The van der Waals surface area contributed by atoms with E-state index in [1.165, 1.54) is 36.8 Å². The molecule has 1 aromatic carbocycles. The van der Waals surface area contributed by atoms with Crippen LogP contribution in [0.15, 0.2) is 41.9 Å². The predicted octanol–water partition coefficient (Wildman–Crippen LogP) is -5.45. The maximum absolute atomic E-state index is 14.5. The van der Waals surface area contributed by atoms with Crippen LogP contribution in [-0.4, -0.2) is 230 Å². The van der Waals surface area contributed by atoms with E-state index in [-0.39, 0.29) is 94.3 Å². The molecule has 0 unspecified atom stereocenters. The van der Waals surface area contributed by atoms with Crippen molar-refractivity contribution in [3.05, 3.63) is 58.5 Å². The van der Waals surface area contributed by atoms with Gasteiger partial charge in [-0.3, -0.25) is 67.1 Å². The van der Waals surface area contributed by atoms with E-state index in [9.17, 15) is 82.9 Å². The molecule has 2 aromatic rings. The number of carbonyl (C=O) groups excluding carboxylic acids is 14. The Morgan fingerprint density at radius 2 is 1.42 bits per heavy atom. The molecule has 2 aliphatic heterocycles. The standard InChI is InChI=1S/C60H88N20O16S2/c1-7-18-79(27-45(62)83)58(95)44-22-36(82)26-80(44)57(94)41(21-34-23-64-30-67-34)72-55(92)43(29-98)73-53(90)39(19-31(2)3)71-52(89)37(10-8-9-17-61)70-54(91)40(20-33-11-13-35(81)14-12-33)69-47(85)24-66-51(88)42(28-97)74-59(96)60(6,77-78-63)76-56(93)49(32(4)5)75-48(86)25-65-50(87)38-15-16-46(84)68-38/h1,11-14,23,30-32,36-44,49,81-82,97-98H,8-10,15-22,24-29,61H2,2-6H3,(H2,62,83)(H,64,67)(H,65,87)(H,66,88)(H,68,84)(H,69,85)(H,70,91)(H,71,89)(H,72,92)(H,73,90)(H,74,96)(H,75,86)(H,76,93)/t36-,37+,38+,39+,40+,41+,42+,43+,44+,49+,60-/m1/s1. The summed E-state index contributed by atoms with van der Waals surface area (Å²) in [5.74, 6) is -11.7. The SMILES string of the molecule is C#CCN(CC(N)=O)C(=O)[C@@H]1C[C@@H](O)CN1C(=O)[C@H](Cc1cnc[nH]1)NC(=O)[C@H](CS)NC(=O)[C@H](CC(C)C)NC(=O)[C@H](CCCCN)NC(=O)[C@H](Cc1ccc(O)cc1)NC(=O)CNC(=O)[C@H](CS)NC(=O)[C@@](C)(N=[N+]=[N-])NC(=O)[C@@H](NC(=O)CNC(=O)[C@@H]1CCC(=O)N1)C(C)C. The quantitative estimate of drug-likeness (QED) is 0.00742. The van der Waals surface area contributed by atoms with Gasteiger partial charge in [0, 0.05) is 60.5 Å². The zero-order valence-corrected chi connectivity index (χ0v) is 56.6. The molecule has 2 saturated heterocycles. The number of amides is 14. The summed E-state index contributed by atoms with van der Waals surface area (Å²) in [6.07, 6.45) is 7.14. The number of phenols is 1. The zero-order valence-electron chi connectivity index (χ0n) is 54.8. The predicted molar refractivity (Wildman–Crippen MR) is 356 cm³/mol. The molecular formula is C60H88N20O16S2. The molecule has 1 aromatic heterocycles. The Morgan fingerprint density at radius 3 is 2.00 bits per heavy atom. The van der Waals surface area contributed by atoms with Gasteiger partial charge in [-0.2, -0.15) is 25.3 Å². The molecule has 11 atom stereocenters. The number of aromatic hydroxyl groups is 1. The summed E-state index contributed by atoms with van der Waals surface area (Å²) in [5, 5.41) is 51.4. The van der Waals surface area contributed by atoms with Crippen molar-refractivity contribution in [1.29, 1.82) is 0 Å². The summed E-state index contributed by atoms with van der Waals surface area (Å²) < 4.78 is 0. The van der Waals surface area contributed by atoms with Crippen molar-refractivity contribution in [1.82, 2.24) is 78.3 Å². The van der Waals surface area contributed by atoms with Crippen molar-refractivity contribution in [2.75, 3.05) is 50.8 Å². The Balaban J connectivity index is 1.49. The second-order valence-corrected chi connectivity index (χ2v) is 24.9. The maximum Gasteiger partial charge on any atom is 0.252 e. The molecule has 536 valence electrons. The molecule has 98 heavy (non-hydrogen) atoms. The molecule has 0 radical (unpaired) electrons. The first-order valence-electron chi connectivity index (χ1n) is 31.4. The van der Waals surface area contributed by atoms with E-state index in [1.54, 1.807) is 27.7 Å². The lowest BCUT2D eigenvalue weighted by Crippen LogP contribution is -2.63. The molecule has 0 saturated carbocycles. The molecule has 14 amide bonds. The number of carbonyl (C=O) groups is 14. The van der Waals surface area contributed by atoms with Gasteiger partial charge in [0.05, 0.1) is 32.1 Å². The summed E-state index contributed by atoms with van der Waals surface area (Å²) in [6.45, 7) is 5.07. The average molecular weight is 1410 g/mol. The summed E-state index contributed by atoms with van der Waals surface area (Å²) >= 11 is 8.48. The molecule has 38 heteroatoms. The highest BCUT2D eigenvalue weighted by molar-refractivity contribution is 7.80. The van der Waals surface area contributed by atoms with Crippen LogP contribution in [0.3, 0.4) is 0 Å². The summed E-state index contributed by atoms with van der Waals surface area (Å²) in [4.78, 5) is 201. The number of aliphatic hydroxyl groups excluding tert-OH is 1. The van der Waals surface area contributed by atoms with Crippen LogP contribution in [0.4, 0.5) is 0 Å². The number of benzene rings is 1. The van der Waals surface area contributed by atoms with Gasteiger partial charge in [-0.1, -0.05) is 50.9 Å². The van der Waals surface area contributed by atoms with Gasteiger partial charge in [0.1, 0.15) is 66.7 Å². The number of azide groups is 1. The average Bonchev–Trinajstić information content (AvgIpc) is 1.64. The minimum atomic E-state index is -2.46. The van der Waals surface area contributed by atoms with Gasteiger partial charge in [0.25, 0.3) is 5.91 Å². The fourth-order valence-electron chi connectivity index (χ4n) is 10.3. The minimum absolute atomic E-state index is 0.0236. The summed E-state index contributed by atoms with van der Waals surface area (Å²) in [5.41, 5.74) is 18.9. The monoisotopic (exact) mass is 1410 g/mol. The zero-order chi connectivity index (χ0) is 73.0. The Kier molecular flexibility index (Phi) is 32.5. The van der Waals surface area contributed by atoms with Crippen LogP contribution in [0, 0.1) is 24.2 Å². The van der Waals surface area contributed by atoms with Gasteiger partial charge in [0.15, 0.2) is 5.66 Å². The van der Waals surface area contributed by atoms with E-state index >= 15 is 0 Å². The number of nitrogens with zero attached hydrogens (tertiary/aromatic N) is 6. The maximum atomic E-state index is 14.5. The number of hydrogen-bond acceptors (Lipinski definition) is 21. The van der Waals surface area contributed by atoms with Crippen LogP contribution in [0.1, 0.15) is 90.8 Å². The lowest BCUT2D eigenvalue weighted by Gasteiger charge is -2.32. The first kappa shape index (κ1) is 80.7. The van der Waals surface area contributed by atoms with Gasteiger partial charge < -0.3 is 94.9 Å². The molecule has 2 aliphatic rings. The van der Waals surface area contributed by atoms with Gasteiger partial charge in [0.2, 0.25) is 76.8 Å². The van der Waals surface area contributed by atoms with Crippen LogP contribution < -0.4 is 70.0 Å². The minimum Gasteiger partial charge on any atom is -0.508 e. The molecule has 2 fully saturated rings. The molecule has 18 N–H and O–H groups in total. The first-order chi connectivity index (χ1) is 46.4. The van der Waals surface area contributed by atoms with Crippen molar-refractivity contribution in [3.8, 4) is 18.1 Å². The second kappa shape index (κ2) is 39.5. The van der Waals surface area contributed by atoms with Crippen molar-refractivity contribution < 1.29 is 77.3 Å². The van der Waals surface area contributed by atoms with E-state index in [0.29, 0.717) is 17.7 Å². The first-order valence-corrected chi connectivity index (χ1v) is 32.6. The number of hydrogen-bond donors (Lipinski definition) is 18. The number of H-pyrrole nitrogens is 1. The highest BCUT2D eigenvalue weighted by Gasteiger charge is 2.45. The van der Waals surface area contributed by atoms with Gasteiger partial charge in [-0.05, 0) is 80.6 Å². The number of likely N-dealkylation sites (tertiary alicyclic amines) is 1. The van der Waals surface area contributed by atoms with E-state index < -0.39 is 174 Å². The number of nitrogens with two attached hydrogens (primary N) is 2. The molecule has 0 aliphatic carbocycles. The number of unbranched alkanes of at least 4 members (excludes halogenated alkanes) is 1. The number of nitrogens with one attached hydrogen (secondary N) is 12. The van der Waals surface area contributed by atoms with E-state index in [1.807, 2.05) is 0 Å². The van der Waals surface area contributed by atoms with Crippen LogP contribution in [0.25, 0.3) is 10.4 Å².